The molecule has 0 aromatic heterocycles. The van der Waals surface area contributed by atoms with Crippen LogP contribution in [-0.2, 0) is 4.79 Å². The standard InChI is InChI=1S/C22H36N2O3/c1-2-3-4-5-6-7-19-27-21-12-10-20(11-13-21)24-17-15-23(16-18-24)14-8-9-22(25)26/h10-13H,2-9,14-19H2,1H3,(H,25,26). The van der Waals surface area contributed by atoms with Crippen LogP contribution in [0.2, 0.25) is 0 Å². The van der Waals surface area contributed by atoms with Gasteiger partial charge in [-0.05, 0) is 43.7 Å². The molecular weight excluding hydrogens is 340 g/mol. The molecule has 2 rings (SSSR count). The third-order valence-corrected chi connectivity index (χ3v) is 5.21. The Morgan fingerprint density at radius 3 is 2.30 bits per heavy atom. The lowest BCUT2D eigenvalue weighted by Crippen LogP contribution is -2.46. The van der Waals surface area contributed by atoms with Gasteiger partial charge in [0.1, 0.15) is 5.75 Å². The summed E-state index contributed by atoms with van der Waals surface area (Å²) in [6.45, 7) is 7.91. The van der Waals surface area contributed by atoms with Crippen molar-refractivity contribution in [3.63, 3.8) is 0 Å². The Bertz CT molecular complexity index is 525. The minimum absolute atomic E-state index is 0.264. The number of anilines is 1. The van der Waals surface area contributed by atoms with Crippen LogP contribution in [0.15, 0.2) is 24.3 Å². The Kier molecular flexibility index (Phi) is 10.1. The lowest BCUT2D eigenvalue weighted by molar-refractivity contribution is -0.137. The van der Waals surface area contributed by atoms with Crippen molar-refractivity contribution >= 4 is 11.7 Å². The van der Waals surface area contributed by atoms with Gasteiger partial charge in [-0.2, -0.15) is 0 Å². The molecule has 5 heteroatoms. The molecule has 1 N–H and O–H groups in total. The molecule has 0 saturated carbocycles. The first-order valence-corrected chi connectivity index (χ1v) is 10.6. The molecule has 0 unspecified atom stereocenters. The minimum atomic E-state index is -0.701. The maximum absolute atomic E-state index is 10.6. The number of benzene rings is 1. The summed E-state index contributed by atoms with van der Waals surface area (Å²) in [7, 11) is 0. The van der Waals surface area contributed by atoms with Crippen molar-refractivity contribution in [2.45, 2.75) is 58.3 Å². The molecule has 1 saturated heterocycles. The number of piperazine rings is 1. The summed E-state index contributed by atoms with van der Waals surface area (Å²) >= 11 is 0. The first kappa shape index (κ1) is 21.5. The summed E-state index contributed by atoms with van der Waals surface area (Å²) in [4.78, 5) is 15.4. The molecular formula is C22H36N2O3. The fourth-order valence-electron chi connectivity index (χ4n) is 3.51. The fraction of sp³-hybridized carbons (Fsp3) is 0.682. The summed E-state index contributed by atoms with van der Waals surface area (Å²) in [6, 6.07) is 8.45. The predicted octanol–water partition coefficient (Wildman–Crippen LogP) is 4.41. The summed E-state index contributed by atoms with van der Waals surface area (Å²) in [5.41, 5.74) is 1.24. The van der Waals surface area contributed by atoms with E-state index in [1.54, 1.807) is 0 Å². The van der Waals surface area contributed by atoms with Crippen LogP contribution in [-0.4, -0.2) is 55.3 Å². The zero-order valence-corrected chi connectivity index (χ0v) is 16.9. The van der Waals surface area contributed by atoms with Gasteiger partial charge >= 0.3 is 5.97 Å². The second kappa shape index (κ2) is 12.6. The molecule has 1 aliphatic rings. The maximum atomic E-state index is 10.6. The van der Waals surface area contributed by atoms with Crippen molar-refractivity contribution in [2.75, 3.05) is 44.2 Å². The molecule has 1 aromatic carbocycles. The number of hydrogen-bond donors (Lipinski definition) is 1. The van der Waals surface area contributed by atoms with Crippen LogP contribution in [0.5, 0.6) is 5.75 Å². The van der Waals surface area contributed by atoms with E-state index in [2.05, 4.69) is 41.0 Å². The van der Waals surface area contributed by atoms with Crippen molar-refractivity contribution in [1.82, 2.24) is 4.90 Å². The van der Waals surface area contributed by atoms with E-state index in [4.69, 9.17) is 9.84 Å². The molecule has 1 fully saturated rings. The number of rotatable bonds is 13. The number of nitrogens with zero attached hydrogens (tertiary/aromatic N) is 2. The minimum Gasteiger partial charge on any atom is -0.494 e. The van der Waals surface area contributed by atoms with Gasteiger partial charge in [-0.15, -0.1) is 0 Å². The highest BCUT2D eigenvalue weighted by molar-refractivity contribution is 5.66. The van der Waals surface area contributed by atoms with Gasteiger partial charge in [0.2, 0.25) is 0 Å². The van der Waals surface area contributed by atoms with E-state index >= 15 is 0 Å². The molecule has 5 nitrogen and oxygen atoms in total. The van der Waals surface area contributed by atoms with Gasteiger partial charge in [0.05, 0.1) is 6.61 Å². The Balaban J connectivity index is 1.62. The number of carboxylic acid groups (broad SMARTS) is 1. The molecule has 0 spiro atoms. The Morgan fingerprint density at radius 1 is 0.963 bits per heavy atom. The van der Waals surface area contributed by atoms with E-state index in [-0.39, 0.29) is 6.42 Å². The number of carbonyl (C=O) groups is 1. The number of carboxylic acids is 1. The van der Waals surface area contributed by atoms with Crippen LogP contribution >= 0.6 is 0 Å². The fourth-order valence-corrected chi connectivity index (χ4v) is 3.51. The van der Waals surface area contributed by atoms with E-state index < -0.39 is 5.97 Å². The van der Waals surface area contributed by atoms with Crippen LogP contribution in [0.1, 0.15) is 58.3 Å². The maximum Gasteiger partial charge on any atom is 0.303 e. The lowest BCUT2D eigenvalue weighted by Gasteiger charge is -2.36. The van der Waals surface area contributed by atoms with Gasteiger partial charge in [0.25, 0.3) is 0 Å². The molecule has 1 aliphatic heterocycles. The van der Waals surface area contributed by atoms with Crippen LogP contribution in [0.3, 0.4) is 0 Å². The van der Waals surface area contributed by atoms with Crippen molar-refractivity contribution in [3.05, 3.63) is 24.3 Å². The predicted molar refractivity (Wildman–Crippen MR) is 111 cm³/mol. The molecule has 0 aliphatic carbocycles. The van der Waals surface area contributed by atoms with Crippen molar-refractivity contribution in [2.24, 2.45) is 0 Å². The first-order valence-electron chi connectivity index (χ1n) is 10.6. The normalized spacial score (nSPS) is 15.1. The van der Waals surface area contributed by atoms with Crippen molar-refractivity contribution in [3.8, 4) is 5.75 Å². The Labute approximate surface area is 164 Å². The van der Waals surface area contributed by atoms with E-state index in [1.165, 1.54) is 37.8 Å². The molecule has 27 heavy (non-hydrogen) atoms. The van der Waals surface area contributed by atoms with Crippen LogP contribution in [0.4, 0.5) is 5.69 Å². The van der Waals surface area contributed by atoms with Gasteiger partial charge in [-0.3, -0.25) is 9.69 Å². The van der Waals surface area contributed by atoms with E-state index in [0.29, 0.717) is 0 Å². The third-order valence-electron chi connectivity index (χ3n) is 5.21. The quantitative estimate of drug-likeness (QED) is 0.517. The van der Waals surface area contributed by atoms with Gasteiger partial charge in [-0.1, -0.05) is 39.0 Å². The molecule has 0 radical (unpaired) electrons. The third kappa shape index (κ3) is 8.65. The van der Waals surface area contributed by atoms with Gasteiger partial charge < -0.3 is 14.7 Å². The van der Waals surface area contributed by atoms with Gasteiger partial charge in [0.15, 0.2) is 0 Å². The van der Waals surface area contributed by atoms with Gasteiger partial charge in [-0.25, -0.2) is 0 Å². The summed E-state index contributed by atoms with van der Waals surface area (Å²) in [6.07, 6.45) is 8.70. The Morgan fingerprint density at radius 2 is 1.63 bits per heavy atom. The number of unbranched alkanes of at least 4 members (excludes halogenated alkanes) is 5. The monoisotopic (exact) mass is 376 g/mol. The summed E-state index contributed by atoms with van der Waals surface area (Å²) < 4.78 is 5.86. The molecule has 1 aromatic rings. The smallest absolute Gasteiger partial charge is 0.303 e. The SMILES string of the molecule is CCCCCCCCOc1ccc(N2CCN(CCCC(=O)O)CC2)cc1. The van der Waals surface area contributed by atoms with Crippen molar-refractivity contribution < 1.29 is 14.6 Å². The number of hydrogen-bond acceptors (Lipinski definition) is 4. The zero-order chi connectivity index (χ0) is 19.3. The van der Waals surface area contributed by atoms with E-state index in [0.717, 1.165) is 57.9 Å². The van der Waals surface area contributed by atoms with E-state index in [1.807, 2.05) is 0 Å². The summed E-state index contributed by atoms with van der Waals surface area (Å²) in [5.74, 6) is 0.257. The second-order valence-electron chi connectivity index (χ2n) is 7.44. The topological polar surface area (TPSA) is 53.0 Å². The Hall–Kier alpha value is -1.75. The average Bonchev–Trinajstić information content (AvgIpc) is 2.68. The van der Waals surface area contributed by atoms with Gasteiger partial charge in [0, 0.05) is 38.3 Å². The largest absolute Gasteiger partial charge is 0.494 e. The average molecular weight is 377 g/mol. The number of aliphatic carboxylic acids is 1. The number of ether oxygens (including phenoxy) is 1. The molecule has 152 valence electrons. The summed E-state index contributed by atoms with van der Waals surface area (Å²) in [5, 5.41) is 8.73. The van der Waals surface area contributed by atoms with Crippen LogP contribution in [0.25, 0.3) is 0 Å². The first-order chi connectivity index (χ1) is 13.2. The lowest BCUT2D eigenvalue weighted by atomic mass is 10.1. The molecule has 1 heterocycles. The highest BCUT2D eigenvalue weighted by Gasteiger charge is 2.17. The van der Waals surface area contributed by atoms with E-state index in [9.17, 15) is 4.79 Å². The zero-order valence-electron chi connectivity index (χ0n) is 16.9. The second-order valence-corrected chi connectivity index (χ2v) is 7.44. The van der Waals surface area contributed by atoms with Crippen LogP contribution < -0.4 is 9.64 Å². The molecule has 0 atom stereocenters. The highest BCUT2D eigenvalue weighted by atomic mass is 16.5. The van der Waals surface area contributed by atoms with Crippen LogP contribution in [0, 0.1) is 0 Å². The van der Waals surface area contributed by atoms with Crippen molar-refractivity contribution in [1.29, 1.82) is 0 Å². The molecule has 0 bridgehead atoms. The molecule has 0 amide bonds. The highest BCUT2D eigenvalue weighted by Crippen LogP contribution is 2.21.